The molecule has 0 aliphatic carbocycles. The van der Waals surface area contributed by atoms with Crippen molar-refractivity contribution < 1.29 is 22.6 Å². The fourth-order valence-electron chi connectivity index (χ4n) is 2.46. The molecule has 0 aliphatic heterocycles. The normalized spacial score (nSPS) is 11.4. The third-order valence-electron chi connectivity index (χ3n) is 3.82. The minimum Gasteiger partial charge on any atom is -0.473 e. The van der Waals surface area contributed by atoms with Gasteiger partial charge >= 0.3 is 6.36 Å². The van der Waals surface area contributed by atoms with Crippen LogP contribution in [-0.4, -0.2) is 17.3 Å². The zero-order valence-electron chi connectivity index (χ0n) is 16.2. The maximum absolute atomic E-state index is 12.2. The number of nitrogens with one attached hydrogen (secondary N) is 1. The molecule has 0 saturated carbocycles. The Morgan fingerprint density at radius 1 is 1.00 bits per heavy atom. The standard InChI is InChI=1S/C21H19F3N4O2.HI/c22-21(23,24)30-18-8-6-17(7-9-18)28-20(25)27-13-16-10-11-26-19(12-16)29-14-15-4-2-1-3-5-15;/h1-12H,13-14H2,(H3,25,27,28);1H. The van der Waals surface area contributed by atoms with Gasteiger partial charge in [-0.25, -0.2) is 9.98 Å². The van der Waals surface area contributed by atoms with E-state index in [0.717, 1.165) is 11.1 Å². The van der Waals surface area contributed by atoms with Crippen molar-refractivity contribution in [1.29, 1.82) is 0 Å². The van der Waals surface area contributed by atoms with Gasteiger partial charge in [0.1, 0.15) is 12.4 Å². The molecule has 1 heterocycles. The van der Waals surface area contributed by atoms with E-state index in [-0.39, 0.29) is 42.2 Å². The number of ether oxygens (including phenoxy) is 2. The molecule has 3 N–H and O–H groups in total. The van der Waals surface area contributed by atoms with Crippen molar-refractivity contribution in [2.75, 3.05) is 5.32 Å². The summed E-state index contributed by atoms with van der Waals surface area (Å²) in [5.41, 5.74) is 8.20. The monoisotopic (exact) mass is 544 g/mol. The highest BCUT2D eigenvalue weighted by Crippen LogP contribution is 2.23. The van der Waals surface area contributed by atoms with Crippen molar-refractivity contribution in [1.82, 2.24) is 4.98 Å². The van der Waals surface area contributed by atoms with Gasteiger partial charge in [-0.05, 0) is 41.5 Å². The predicted molar refractivity (Wildman–Crippen MR) is 123 cm³/mol. The Kier molecular flexibility index (Phi) is 8.91. The van der Waals surface area contributed by atoms with Gasteiger partial charge in [-0.3, -0.25) is 0 Å². The lowest BCUT2D eigenvalue weighted by molar-refractivity contribution is -0.274. The molecule has 0 saturated heterocycles. The Morgan fingerprint density at radius 2 is 1.71 bits per heavy atom. The number of hydrogen-bond acceptors (Lipinski definition) is 4. The van der Waals surface area contributed by atoms with E-state index in [0.29, 0.717) is 18.2 Å². The van der Waals surface area contributed by atoms with Crippen LogP contribution in [0.5, 0.6) is 11.6 Å². The Hall–Kier alpha value is -3.02. The molecule has 0 aliphatic rings. The van der Waals surface area contributed by atoms with E-state index in [1.807, 2.05) is 30.3 Å². The van der Waals surface area contributed by atoms with Crippen LogP contribution in [0.1, 0.15) is 11.1 Å². The Bertz CT molecular complexity index is 984. The van der Waals surface area contributed by atoms with Crippen LogP contribution in [0.4, 0.5) is 18.9 Å². The van der Waals surface area contributed by atoms with Gasteiger partial charge < -0.3 is 20.5 Å². The first-order chi connectivity index (χ1) is 14.4. The SMILES string of the molecule is I.NC(=NCc1ccnc(OCc2ccccc2)c1)Nc1ccc(OC(F)(F)F)cc1. The summed E-state index contributed by atoms with van der Waals surface area (Å²) in [6.07, 6.45) is -3.11. The second kappa shape index (κ2) is 11.4. The molecular formula is C21H20F3IN4O2. The van der Waals surface area contributed by atoms with Crippen LogP contribution in [0, 0.1) is 0 Å². The van der Waals surface area contributed by atoms with Crippen LogP contribution in [0.25, 0.3) is 0 Å². The summed E-state index contributed by atoms with van der Waals surface area (Å²) < 4.78 is 46.1. The van der Waals surface area contributed by atoms with Gasteiger partial charge in [0.05, 0.1) is 6.54 Å². The van der Waals surface area contributed by atoms with Gasteiger partial charge in [0.25, 0.3) is 0 Å². The predicted octanol–water partition coefficient (Wildman–Crippen LogP) is 5.10. The lowest BCUT2D eigenvalue weighted by Crippen LogP contribution is -2.22. The van der Waals surface area contributed by atoms with Crippen molar-refractivity contribution in [3.05, 3.63) is 84.1 Å². The first kappa shape index (κ1) is 24.3. The third kappa shape index (κ3) is 8.70. The third-order valence-corrected chi connectivity index (χ3v) is 3.82. The molecule has 0 atom stereocenters. The molecule has 0 amide bonds. The molecule has 0 bridgehead atoms. The van der Waals surface area contributed by atoms with E-state index in [1.54, 1.807) is 18.3 Å². The number of aromatic nitrogens is 1. The number of halogens is 4. The molecule has 31 heavy (non-hydrogen) atoms. The number of guanidine groups is 1. The Balaban J connectivity index is 0.00000341. The molecule has 0 spiro atoms. The molecule has 164 valence electrons. The number of nitrogens with zero attached hydrogens (tertiary/aromatic N) is 2. The minimum absolute atomic E-state index is 0. The number of rotatable bonds is 7. The largest absolute Gasteiger partial charge is 0.573 e. The molecule has 0 radical (unpaired) electrons. The van der Waals surface area contributed by atoms with Crippen LogP contribution < -0.4 is 20.5 Å². The average molecular weight is 544 g/mol. The quantitative estimate of drug-likeness (QED) is 0.246. The van der Waals surface area contributed by atoms with Gasteiger partial charge in [-0.1, -0.05) is 30.3 Å². The molecular weight excluding hydrogens is 524 g/mol. The molecule has 3 rings (SSSR count). The number of nitrogens with two attached hydrogens (primary N) is 1. The minimum atomic E-state index is -4.73. The molecule has 6 nitrogen and oxygen atoms in total. The second-order valence-electron chi connectivity index (χ2n) is 6.18. The van der Waals surface area contributed by atoms with Gasteiger partial charge in [0, 0.05) is 18.0 Å². The lowest BCUT2D eigenvalue weighted by Gasteiger charge is -2.10. The van der Waals surface area contributed by atoms with Crippen LogP contribution in [0.2, 0.25) is 0 Å². The van der Waals surface area contributed by atoms with Crippen molar-refractivity contribution in [2.24, 2.45) is 10.7 Å². The first-order valence-corrected chi connectivity index (χ1v) is 8.92. The second-order valence-corrected chi connectivity index (χ2v) is 6.18. The number of alkyl halides is 3. The number of anilines is 1. The van der Waals surface area contributed by atoms with Gasteiger partial charge in [-0.15, -0.1) is 37.1 Å². The Morgan fingerprint density at radius 3 is 2.39 bits per heavy atom. The van der Waals surface area contributed by atoms with E-state index in [2.05, 4.69) is 20.0 Å². The molecule has 0 unspecified atom stereocenters. The van der Waals surface area contributed by atoms with Crippen molar-refractivity contribution in [3.8, 4) is 11.6 Å². The highest BCUT2D eigenvalue weighted by Gasteiger charge is 2.30. The number of hydrogen-bond donors (Lipinski definition) is 2. The fourth-order valence-corrected chi connectivity index (χ4v) is 2.46. The first-order valence-electron chi connectivity index (χ1n) is 8.92. The van der Waals surface area contributed by atoms with Gasteiger partial charge in [-0.2, -0.15) is 0 Å². The van der Waals surface area contributed by atoms with Crippen LogP contribution in [-0.2, 0) is 13.2 Å². The van der Waals surface area contributed by atoms with E-state index >= 15 is 0 Å². The van der Waals surface area contributed by atoms with E-state index in [1.165, 1.54) is 24.3 Å². The number of pyridine rings is 1. The van der Waals surface area contributed by atoms with E-state index in [4.69, 9.17) is 10.5 Å². The average Bonchev–Trinajstić information content (AvgIpc) is 2.72. The zero-order valence-corrected chi connectivity index (χ0v) is 18.5. The molecule has 0 fully saturated rings. The summed E-state index contributed by atoms with van der Waals surface area (Å²) in [6.45, 7) is 0.677. The van der Waals surface area contributed by atoms with Crippen LogP contribution >= 0.6 is 24.0 Å². The molecule has 10 heteroatoms. The molecule has 3 aromatic rings. The topological polar surface area (TPSA) is 81.8 Å². The highest BCUT2D eigenvalue weighted by molar-refractivity contribution is 14.0. The van der Waals surface area contributed by atoms with Crippen LogP contribution in [0.15, 0.2) is 77.9 Å². The summed E-state index contributed by atoms with van der Waals surface area (Å²) in [7, 11) is 0. The Labute approximate surface area is 194 Å². The number of aliphatic imine (C=N–C) groups is 1. The van der Waals surface area contributed by atoms with E-state index in [9.17, 15) is 13.2 Å². The maximum atomic E-state index is 12.2. The number of benzene rings is 2. The van der Waals surface area contributed by atoms with Crippen molar-refractivity contribution in [2.45, 2.75) is 19.5 Å². The maximum Gasteiger partial charge on any atom is 0.573 e. The van der Waals surface area contributed by atoms with Crippen LogP contribution in [0.3, 0.4) is 0 Å². The van der Waals surface area contributed by atoms with Crippen molar-refractivity contribution >= 4 is 35.6 Å². The van der Waals surface area contributed by atoms with Gasteiger partial charge in [0.15, 0.2) is 5.96 Å². The smallest absolute Gasteiger partial charge is 0.473 e. The summed E-state index contributed by atoms with van der Waals surface area (Å²) in [6, 6.07) is 18.5. The molecule has 1 aromatic heterocycles. The van der Waals surface area contributed by atoms with Gasteiger partial charge in [0.2, 0.25) is 5.88 Å². The summed E-state index contributed by atoms with van der Waals surface area (Å²) >= 11 is 0. The summed E-state index contributed by atoms with van der Waals surface area (Å²) in [5.74, 6) is 0.268. The molecule has 2 aromatic carbocycles. The fraction of sp³-hybridized carbons (Fsp3) is 0.143. The lowest BCUT2D eigenvalue weighted by atomic mass is 10.2. The summed E-state index contributed by atoms with van der Waals surface area (Å²) in [5, 5.41) is 2.81. The van der Waals surface area contributed by atoms with Crippen molar-refractivity contribution in [3.63, 3.8) is 0 Å². The van der Waals surface area contributed by atoms with E-state index < -0.39 is 6.36 Å². The highest BCUT2D eigenvalue weighted by atomic mass is 127. The summed E-state index contributed by atoms with van der Waals surface area (Å²) in [4.78, 5) is 8.39. The zero-order chi connectivity index (χ0) is 21.4.